The molecule has 2 aromatic carbocycles. The summed E-state index contributed by atoms with van der Waals surface area (Å²) in [4.78, 5) is 6.24. The number of nitrogen functional groups attached to an aromatic ring is 1. The quantitative estimate of drug-likeness (QED) is 0.651. The van der Waals surface area contributed by atoms with Crippen molar-refractivity contribution in [2.24, 2.45) is 0 Å². The summed E-state index contributed by atoms with van der Waals surface area (Å²) in [6, 6.07) is 14.5. The van der Waals surface area contributed by atoms with Crippen LogP contribution >= 0.6 is 23.2 Å². The van der Waals surface area contributed by atoms with E-state index in [0.717, 1.165) is 11.3 Å². The molecule has 1 heterocycles. The van der Waals surface area contributed by atoms with Crippen LogP contribution in [-0.2, 0) is 0 Å². The van der Waals surface area contributed by atoms with Crippen LogP contribution in [0.5, 0.6) is 5.75 Å². The van der Waals surface area contributed by atoms with Crippen LogP contribution in [0.25, 0.3) is 22.4 Å². The van der Waals surface area contributed by atoms with Gasteiger partial charge in [-0.3, -0.25) is 0 Å². The molecule has 0 amide bonds. The SMILES string of the molecule is CN(C)c1ccc(-c2cc(-c3cc(Cl)cc(Cl)c3O)nc(N)c2C#N)cc1. The molecule has 0 unspecified atom stereocenters. The Morgan fingerprint density at radius 1 is 1.07 bits per heavy atom. The van der Waals surface area contributed by atoms with Crippen molar-refractivity contribution < 1.29 is 5.11 Å². The number of anilines is 2. The van der Waals surface area contributed by atoms with Gasteiger partial charge in [0.15, 0.2) is 0 Å². The Bertz CT molecular complexity index is 1060. The molecule has 7 heteroatoms. The first kappa shape index (κ1) is 18.8. The van der Waals surface area contributed by atoms with Crippen molar-refractivity contribution in [3.63, 3.8) is 0 Å². The van der Waals surface area contributed by atoms with Gasteiger partial charge in [-0.05, 0) is 35.9 Å². The molecule has 0 aliphatic heterocycles. The van der Waals surface area contributed by atoms with E-state index in [1.165, 1.54) is 6.07 Å². The molecule has 0 saturated carbocycles. The van der Waals surface area contributed by atoms with E-state index in [-0.39, 0.29) is 22.2 Å². The summed E-state index contributed by atoms with van der Waals surface area (Å²) < 4.78 is 0. The van der Waals surface area contributed by atoms with E-state index in [4.69, 9.17) is 28.9 Å². The smallest absolute Gasteiger partial charge is 0.143 e. The minimum absolute atomic E-state index is 0.0668. The van der Waals surface area contributed by atoms with Gasteiger partial charge in [-0.2, -0.15) is 5.26 Å². The highest BCUT2D eigenvalue weighted by atomic mass is 35.5. The normalized spacial score (nSPS) is 10.5. The lowest BCUT2D eigenvalue weighted by molar-refractivity contribution is 0.477. The summed E-state index contributed by atoms with van der Waals surface area (Å²) in [5, 5.41) is 20.3. The Morgan fingerprint density at radius 3 is 2.33 bits per heavy atom. The van der Waals surface area contributed by atoms with Crippen LogP contribution in [-0.4, -0.2) is 24.2 Å². The van der Waals surface area contributed by atoms with E-state index in [9.17, 15) is 10.4 Å². The first-order valence-electron chi connectivity index (χ1n) is 7.98. The number of hydrogen-bond acceptors (Lipinski definition) is 5. The van der Waals surface area contributed by atoms with Gasteiger partial charge in [-0.1, -0.05) is 35.3 Å². The van der Waals surface area contributed by atoms with Crippen molar-refractivity contribution in [3.05, 3.63) is 58.1 Å². The maximum Gasteiger partial charge on any atom is 0.143 e. The highest BCUT2D eigenvalue weighted by Gasteiger charge is 2.17. The molecule has 0 aliphatic rings. The van der Waals surface area contributed by atoms with Crippen LogP contribution in [0.4, 0.5) is 11.5 Å². The molecule has 0 saturated heterocycles. The van der Waals surface area contributed by atoms with Gasteiger partial charge in [0.1, 0.15) is 23.2 Å². The summed E-state index contributed by atoms with van der Waals surface area (Å²) in [6.07, 6.45) is 0. The number of aromatic hydroxyl groups is 1. The van der Waals surface area contributed by atoms with Gasteiger partial charge >= 0.3 is 0 Å². The zero-order valence-corrected chi connectivity index (χ0v) is 16.2. The van der Waals surface area contributed by atoms with Gasteiger partial charge in [0, 0.05) is 35.9 Å². The summed E-state index contributed by atoms with van der Waals surface area (Å²) in [7, 11) is 3.90. The van der Waals surface area contributed by atoms with Crippen molar-refractivity contribution in [1.29, 1.82) is 5.26 Å². The van der Waals surface area contributed by atoms with Crippen molar-refractivity contribution in [2.45, 2.75) is 0 Å². The maximum atomic E-state index is 10.3. The number of phenolic OH excluding ortho intramolecular Hbond substituents is 1. The van der Waals surface area contributed by atoms with Gasteiger partial charge in [-0.15, -0.1) is 0 Å². The largest absolute Gasteiger partial charge is 0.506 e. The number of aromatic nitrogens is 1. The number of halogens is 2. The first-order valence-corrected chi connectivity index (χ1v) is 8.74. The van der Waals surface area contributed by atoms with E-state index in [0.29, 0.717) is 21.8 Å². The molecule has 5 nitrogen and oxygen atoms in total. The predicted octanol–water partition coefficient (Wildman–Crippen LogP) is 4.95. The summed E-state index contributed by atoms with van der Waals surface area (Å²) >= 11 is 12.1. The molecular weight excluding hydrogens is 383 g/mol. The van der Waals surface area contributed by atoms with E-state index >= 15 is 0 Å². The standard InChI is InChI=1S/C20H16Cl2N4O/c1-26(2)13-5-3-11(4-6-13)14-9-18(25-20(24)16(14)10-23)15-7-12(21)8-17(22)19(15)27/h3-9,27H,1-2H3,(H2,24,25). The molecule has 3 aromatic rings. The Kier molecular flexibility index (Phi) is 5.13. The second-order valence-electron chi connectivity index (χ2n) is 6.15. The van der Waals surface area contributed by atoms with Gasteiger partial charge in [-0.25, -0.2) is 4.98 Å². The molecule has 0 spiro atoms. The third kappa shape index (κ3) is 3.63. The minimum Gasteiger partial charge on any atom is -0.506 e. The average molecular weight is 399 g/mol. The molecule has 0 atom stereocenters. The molecule has 27 heavy (non-hydrogen) atoms. The third-order valence-corrected chi connectivity index (χ3v) is 4.66. The molecule has 3 rings (SSSR count). The fourth-order valence-electron chi connectivity index (χ4n) is 2.75. The molecular formula is C20H16Cl2N4O. The van der Waals surface area contributed by atoms with Crippen molar-refractivity contribution in [1.82, 2.24) is 4.98 Å². The molecule has 0 radical (unpaired) electrons. The van der Waals surface area contributed by atoms with Crippen LogP contribution in [0.3, 0.4) is 0 Å². The van der Waals surface area contributed by atoms with Gasteiger partial charge in [0.05, 0.1) is 10.7 Å². The zero-order chi connectivity index (χ0) is 19.7. The third-order valence-electron chi connectivity index (χ3n) is 4.16. The maximum absolute atomic E-state index is 10.3. The Labute approximate surface area is 167 Å². The minimum atomic E-state index is -0.147. The first-order chi connectivity index (χ1) is 12.8. The molecule has 3 N–H and O–H groups in total. The Hall–Kier alpha value is -2.94. The van der Waals surface area contributed by atoms with E-state index in [1.807, 2.05) is 43.3 Å². The molecule has 136 valence electrons. The van der Waals surface area contributed by atoms with Crippen molar-refractivity contribution in [3.8, 4) is 34.2 Å². The number of nitrogens with zero attached hydrogens (tertiary/aromatic N) is 3. The van der Waals surface area contributed by atoms with E-state index < -0.39 is 0 Å². The topological polar surface area (TPSA) is 86.2 Å². The van der Waals surface area contributed by atoms with Gasteiger partial charge < -0.3 is 15.7 Å². The van der Waals surface area contributed by atoms with Crippen LogP contribution in [0.1, 0.15) is 5.56 Å². The van der Waals surface area contributed by atoms with Crippen molar-refractivity contribution >= 4 is 34.7 Å². The Morgan fingerprint density at radius 2 is 1.74 bits per heavy atom. The van der Waals surface area contributed by atoms with Crippen LogP contribution in [0.2, 0.25) is 10.0 Å². The average Bonchev–Trinajstić information content (AvgIpc) is 2.64. The number of phenols is 1. The molecule has 0 fully saturated rings. The number of hydrogen-bond donors (Lipinski definition) is 2. The Balaban J connectivity index is 2.22. The van der Waals surface area contributed by atoms with Crippen LogP contribution in [0, 0.1) is 11.3 Å². The highest BCUT2D eigenvalue weighted by molar-refractivity contribution is 6.36. The van der Waals surface area contributed by atoms with Crippen molar-refractivity contribution in [2.75, 3.05) is 24.7 Å². The summed E-state index contributed by atoms with van der Waals surface area (Å²) in [5.41, 5.74) is 9.45. The summed E-state index contributed by atoms with van der Waals surface area (Å²) in [6.45, 7) is 0. The van der Waals surface area contributed by atoms with Gasteiger partial charge in [0.2, 0.25) is 0 Å². The number of nitriles is 1. The number of pyridine rings is 1. The molecule has 0 aliphatic carbocycles. The van der Waals surface area contributed by atoms with Crippen LogP contribution in [0.15, 0.2) is 42.5 Å². The lowest BCUT2D eigenvalue weighted by Gasteiger charge is -2.15. The highest BCUT2D eigenvalue weighted by Crippen LogP contribution is 2.40. The number of rotatable bonds is 3. The lowest BCUT2D eigenvalue weighted by atomic mass is 9.98. The number of benzene rings is 2. The predicted molar refractivity (Wildman–Crippen MR) is 110 cm³/mol. The zero-order valence-electron chi connectivity index (χ0n) is 14.7. The summed E-state index contributed by atoms with van der Waals surface area (Å²) in [5.74, 6) is -0.0798. The van der Waals surface area contributed by atoms with E-state index in [1.54, 1.807) is 12.1 Å². The number of nitrogens with two attached hydrogens (primary N) is 1. The monoisotopic (exact) mass is 398 g/mol. The van der Waals surface area contributed by atoms with Crippen LogP contribution < -0.4 is 10.6 Å². The molecule has 0 bridgehead atoms. The lowest BCUT2D eigenvalue weighted by Crippen LogP contribution is -2.08. The van der Waals surface area contributed by atoms with Gasteiger partial charge in [0.25, 0.3) is 0 Å². The molecule has 1 aromatic heterocycles. The fraction of sp³-hybridized carbons (Fsp3) is 0.100. The second kappa shape index (κ2) is 7.36. The fourth-order valence-corrected chi connectivity index (χ4v) is 3.24. The second-order valence-corrected chi connectivity index (χ2v) is 7.00. The van der Waals surface area contributed by atoms with E-state index in [2.05, 4.69) is 11.1 Å².